The Morgan fingerprint density at radius 2 is 2.44 bits per heavy atom. The van der Waals surface area contributed by atoms with Gasteiger partial charge in [0.15, 0.2) is 0 Å². The molecule has 0 aliphatic carbocycles. The molecule has 16 heavy (non-hydrogen) atoms. The summed E-state index contributed by atoms with van der Waals surface area (Å²) in [6.45, 7) is 0.272. The minimum Gasteiger partial charge on any atom is -0.480 e. The van der Waals surface area contributed by atoms with Gasteiger partial charge in [-0.1, -0.05) is 0 Å². The van der Waals surface area contributed by atoms with E-state index in [0.717, 1.165) is 0 Å². The number of carboxylic acid groups (broad SMARTS) is 1. The SMILES string of the molecule is COCCC(NC(=O)c1cscn1)C(=O)O. The van der Waals surface area contributed by atoms with Crippen molar-refractivity contribution in [3.8, 4) is 0 Å². The first-order chi connectivity index (χ1) is 7.65. The maximum atomic E-state index is 11.5. The Balaban J connectivity index is 2.54. The minimum absolute atomic E-state index is 0.224. The first kappa shape index (κ1) is 12.6. The van der Waals surface area contributed by atoms with E-state index in [4.69, 9.17) is 9.84 Å². The number of hydrogen-bond donors (Lipinski definition) is 2. The second-order valence-electron chi connectivity index (χ2n) is 3.02. The molecule has 1 unspecified atom stereocenters. The Hall–Kier alpha value is -1.47. The fourth-order valence-corrected chi connectivity index (χ4v) is 1.58. The third-order valence-corrected chi connectivity index (χ3v) is 2.47. The molecule has 2 N–H and O–H groups in total. The molecule has 1 aromatic rings. The fourth-order valence-electron chi connectivity index (χ4n) is 1.05. The van der Waals surface area contributed by atoms with E-state index in [1.165, 1.54) is 24.0 Å². The number of nitrogens with one attached hydrogen (secondary N) is 1. The van der Waals surface area contributed by atoms with Crippen LogP contribution in [0.25, 0.3) is 0 Å². The average Bonchev–Trinajstić information content (AvgIpc) is 2.76. The molecular formula is C9H12N2O4S. The van der Waals surface area contributed by atoms with Crippen LogP contribution < -0.4 is 5.32 Å². The highest BCUT2D eigenvalue weighted by Crippen LogP contribution is 2.02. The molecule has 1 atom stereocenters. The van der Waals surface area contributed by atoms with E-state index in [2.05, 4.69) is 10.3 Å². The van der Waals surface area contributed by atoms with Crippen molar-refractivity contribution in [3.63, 3.8) is 0 Å². The van der Waals surface area contributed by atoms with E-state index >= 15 is 0 Å². The third kappa shape index (κ3) is 3.59. The van der Waals surface area contributed by atoms with Crippen LogP contribution >= 0.6 is 11.3 Å². The van der Waals surface area contributed by atoms with Crippen molar-refractivity contribution in [2.24, 2.45) is 0 Å². The highest BCUT2D eigenvalue weighted by molar-refractivity contribution is 7.07. The standard InChI is InChI=1S/C9H12N2O4S/c1-15-3-2-6(9(13)14)11-8(12)7-4-16-5-10-7/h4-6H,2-3H2,1H3,(H,11,12)(H,13,14). The quantitative estimate of drug-likeness (QED) is 0.754. The molecule has 0 bridgehead atoms. The zero-order chi connectivity index (χ0) is 12.0. The van der Waals surface area contributed by atoms with Gasteiger partial charge in [0.2, 0.25) is 0 Å². The number of thiazole rings is 1. The van der Waals surface area contributed by atoms with Gasteiger partial charge in [-0.25, -0.2) is 9.78 Å². The molecule has 0 aliphatic rings. The van der Waals surface area contributed by atoms with Gasteiger partial charge in [-0.05, 0) is 0 Å². The molecule has 1 aromatic heterocycles. The summed E-state index contributed by atoms with van der Waals surface area (Å²) in [7, 11) is 1.47. The van der Waals surface area contributed by atoms with Gasteiger partial charge in [0, 0.05) is 25.5 Å². The predicted molar refractivity (Wildman–Crippen MR) is 57.5 cm³/mol. The van der Waals surface area contributed by atoms with E-state index in [9.17, 15) is 9.59 Å². The predicted octanol–water partition coefficient (Wildman–Crippen LogP) is 0.363. The lowest BCUT2D eigenvalue weighted by Gasteiger charge is -2.12. The molecule has 1 rings (SSSR count). The maximum absolute atomic E-state index is 11.5. The van der Waals surface area contributed by atoms with Crippen LogP contribution in [-0.4, -0.2) is 41.7 Å². The zero-order valence-corrected chi connectivity index (χ0v) is 9.49. The second-order valence-corrected chi connectivity index (χ2v) is 3.74. The van der Waals surface area contributed by atoms with Crippen LogP contribution in [0.2, 0.25) is 0 Å². The molecule has 0 aromatic carbocycles. The van der Waals surface area contributed by atoms with Gasteiger partial charge >= 0.3 is 5.97 Å². The highest BCUT2D eigenvalue weighted by Gasteiger charge is 2.20. The number of carboxylic acids is 1. The van der Waals surface area contributed by atoms with Gasteiger partial charge in [0.05, 0.1) is 5.51 Å². The number of methoxy groups -OCH3 is 1. The van der Waals surface area contributed by atoms with Crippen LogP contribution in [0.4, 0.5) is 0 Å². The number of rotatable bonds is 6. The molecule has 6 nitrogen and oxygen atoms in total. The van der Waals surface area contributed by atoms with Crippen molar-refractivity contribution in [2.75, 3.05) is 13.7 Å². The van der Waals surface area contributed by atoms with Crippen molar-refractivity contribution in [2.45, 2.75) is 12.5 Å². The Kier molecular flexibility index (Phi) is 4.87. The zero-order valence-electron chi connectivity index (χ0n) is 8.67. The van der Waals surface area contributed by atoms with Crippen LogP contribution in [0.3, 0.4) is 0 Å². The average molecular weight is 244 g/mol. The van der Waals surface area contributed by atoms with Crippen LogP contribution in [0.5, 0.6) is 0 Å². The Bertz CT molecular complexity index is 352. The minimum atomic E-state index is -1.08. The number of hydrogen-bond acceptors (Lipinski definition) is 5. The number of ether oxygens (including phenoxy) is 1. The van der Waals surface area contributed by atoms with Crippen LogP contribution in [0, 0.1) is 0 Å². The number of nitrogens with zero attached hydrogens (tertiary/aromatic N) is 1. The van der Waals surface area contributed by atoms with Gasteiger partial charge < -0.3 is 15.2 Å². The van der Waals surface area contributed by atoms with E-state index in [1.807, 2.05) is 0 Å². The molecule has 88 valence electrons. The monoisotopic (exact) mass is 244 g/mol. The van der Waals surface area contributed by atoms with Gasteiger partial charge in [-0.3, -0.25) is 4.79 Å². The molecular weight excluding hydrogens is 232 g/mol. The van der Waals surface area contributed by atoms with Crippen LogP contribution in [0.15, 0.2) is 10.9 Å². The van der Waals surface area contributed by atoms with Crippen molar-refractivity contribution in [1.82, 2.24) is 10.3 Å². The van der Waals surface area contributed by atoms with Crippen molar-refractivity contribution >= 4 is 23.2 Å². The topological polar surface area (TPSA) is 88.5 Å². The molecule has 7 heteroatoms. The summed E-state index contributed by atoms with van der Waals surface area (Å²) in [5.41, 5.74) is 1.74. The number of carbonyl (C=O) groups is 2. The molecule has 0 aliphatic heterocycles. The molecule has 1 heterocycles. The van der Waals surface area contributed by atoms with E-state index in [1.54, 1.807) is 5.38 Å². The number of amides is 1. The lowest BCUT2D eigenvalue weighted by Crippen LogP contribution is -2.41. The first-order valence-corrected chi connectivity index (χ1v) is 5.50. The van der Waals surface area contributed by atoms with Crippen LogP contribution in [-0.2, 0) is 9.53 Å². The van der Waals surface area contributed by atoms with Gasteiger partial charge in [0.25, 0.3) is 5.91 Å². The Morgan fingerprint density at radius 3 is 2.94 bits per heavy atom. The summed E-state index contributed by atoms with van der Waals surface area (Å²) in [6.07, 6.45) is 0.224. The lowest BCUT2D eigenvalue weighted by molar-refractivity contribution is -0.139. The second kappa shape index (κ2) is 6.19. The molecule has 0 saturated heterocycles. The number of aliphatic carboxylic acids is 1. The number of carbonyl (C=O) groups excluding carboxylic acids is 1. The normalized spacial score (nSPS) is 12.1. The van der Waals surface area contributed by atoms with Crippen molar-refractivity contribution in [1.29, 1.82) is 0 Å². The molecule has 0 fully saturated rings. The molecule has 0 spiro atoms. The molecule has 0 radical (unpaired) electrons. The van der Waals surface area contributed by atoms with E-state index in [0.29, 0.717) is 0 Å². The van der Waals surface area contributed by atoms with Gasteiger partial charge in [0.1, 0.15) is 11.7 Å². The summed E-state index contributed by atoms with van der Waals surface area (Å²) in [6, 6.07) is -0.950. The molecule has 0 saturated carbocycles. The smallest absolute Gasteiger partial charge is 0.326 e. The first-order valence-electron chi connectivity index (χ1n) is 4.56. The largest absolute Gasteiger partial charge is 0.480 e. The van der Waals surface area contributed by atoms with E-state index in [-0.39, 0.29) is 18.7 Å². The van der Waals surface area contributed by atoms with E-state index < -0.39 is 17.9 Å². The van der Waals surface area contributed by atoms with Crippen molar-refractivity contribution in [3.05, 3.63) is 16.6 Å². The number of aromatic nitrogens is 1. The van der Waals surface area contributed by atoms with Gasteiger partial charge in [-0.2, -0.15) is 0 Å². The Morgan fingerprint density at radius 1 is 1.69 bits per heavy atom. The Labute approximate surface area is 96.3 Å². The third-order valence-electron chi connectivity index (χ3n) is 1.88. The van der Waals surface area contributed by atoms with Gasteiger partial charge in [-0.15, -0.1) is 11.3 Å². The molecule has 1 amide bonds. The lowest BCUT2D eigenvalue weighted by atomic mass is 10.2. The highest BCUT2D eigenvalue weighted by atomic mass is 32.1. The summed E-state index contributed by atoms with van der Waals surface area (Å²) < 4.78 is 4.77. The van der Waals surface area contributed by atoms with Crippen LogP contribution in [0.1, 0.15) is 16.9 Å². The van der Waals surface area contributed by atoms with Crippen molar-refractivity contribution < 1.29 is 19.4 Å². The summed E-state index contributed by atoms with van der Waals surface area (Å²) in [5.74, 6) is -1.56. The summed E-state index contributed by atoms with van der Waals surface area (Å²) >= 11 is 1.28. The summed E-state index contributed by atoms with van der Waals surface area (Å²) in [4.78, 5) is 26.1. The maximum Gasteiger partial charge on any atom is 0.326 e. The summed E-state index contributed by atoms with van der Waals surface area (Å²) in [5, 5.41) is 12.8. The fraction of sp³-hybridized carbons (Fsp3) is 0.444.